The van der Waals surface area contributed by atoms with Gasteiger partial charge in [0.1, 0.15) is 0 Å². The summed E-state index contributed by atoms with van der Waals surface area (Å²) in [5.41, 5.74) is 2.08. The molecule has 0 atom stereocenters. The molecule has 1 saturated heterocycles. The van der Waals surface area contributed by atoms with E-state index in [-0.39, 0.29) is 5.91 Å². The number of rotatable bonds is 7. The van der Waals surface area contributed by atoms with Gasteiger partial charge in [-0.2, -0.15) is 0 Å². The van der Waals surface area contributed by atoms with E-state index in [0.717, 1.165) is 51.1 Å². The molecule has 0 spiro atoms. The van der Waals surface area contributed by atoms with Crippen LogP contribution in [-0.4, -0.2) is 53.9 Å². The molecule has 1 aliphatic heterocycles. The molecule has 27 heavy (non-hydrogen) atoms. The van der Waals surface area contributed by atoms with Crippen LogP contribution < -0.4 is 0 Å². The molecule has 0 unspecified atom stereocenters. The zero-order valence-corrected chi connectivity index (χ0v) is 16.1. The Bertz CT molecular complexity index is 722. The van der Waals surface area contributed by atoms with Crippen LogP contribution in [0.15, 0.2) is 60.8 Å². The zero-order valence-electron chi connectivity index (χ0n) is 16.1. The van der Waals surface area contributed by atoms with Gasteiger partial charge in [-0.1, -0.05) is 36.4 Å². The molecule has 0 bridgehead atoms. The summed E-state index contributed by atoms with van der Waals surface area (Å²) in [4.78, 5) is 21.5. The second kappa shape index (κ2) is 10.0. The molecule has 4 heteroatoms. The van der Waals surface area contributed by atoms with Gasteiger partial charge >= 0.3 is 0 Å². The number of aromatic nitrogens is 1. The molecule has 1 amide bonds. The third kappa shape index (κ3) is 6.33. The lowest BCUT2D eigenvalue weighted by molar-refractivity contribution is -0.126. The summed E-state index contributed by atoms with van der Waals surface area (Å²) in [6.07, 6.45) is 8.44. The first-order chi connectivity index (χ1) is 13.2. The van der Waals surface area contributed by atoms with E-state index in [1.54, 1.807) is 12.3 Å². The monoisotopic (exact) mass is 363 g/mol. The van der Waals surface area contributed by atoms with E-state index in [2.05, 4.69) is 41.2 Å². The number of amides is 1. The third-order valence-electron chi connectivity index (χ3n) is 5.23. The van der Waals surface area contributed by atoms with Crippen LogP contribution in [0, 0.1) is 5.92 Å². The van der Waals surface area contributed by atoms with Crippen molar-refractivity contribution in [3.63, 3.8) is 0 Å². The summed E-state index contributed by atoms with van der Waals surface area (Å²) in [7, 11) is 2.17. The number of nitrogens with zero attached hydrogens (tertiary/aromatic N) is 3. The van der Waals surface area contributed by atoms with Gasteiger partial charge in [-0.3, -0.25) is 9.78 Å². The molecule has 1 fully saturated rings. The van der Waals surface area contributed by atoms with Crippen molar-refractivity contribution in [3.05, 3.63) is 72.1 Å². The van der Waals surface area contributed by atoms with E-state index in [1.807, 2.05) is 35.2 Å². The summed E-state index contributed by atoms with van der Waals surface area (Å²) in [5, 5.41) is 0. The van der Waals surface area contributed by atoms with Crippen molar-refractivity contribution in [1.82, 2.24) is 14.8 Å². The predicted molar refractivity (Wildman–Crippen MR) is 110 cm³/mol. The molecule has 1 aromatic heterocycles. The average molecular weight is 364 g/mol. The first kappa shape index (κ1) is 19.3. The number of piperidine rings is 1. The number of hydrogen-bond donors (Lipinski definition) is 0. The van der Waals surface area contributed by atoms with Crippen molar-refractivity contribution < 1.29 is 4.79 Å². The van der Waals surface area contributed by atoms with Crippen molar-refractivity contribution in [3.8, 4) is 0 Å². The number of carbonyl (C=O) groups excluding carboxylic acids is 1. The van der Waals surface area contributed by atoms with Crippen LogP contribution in [0.3, 0.4) is 0 Å². The van der Waals surface area contributed by atoms with Crippen molar-refractivity contribution in [2.45, 2.75) is 19.3 Å². The van der Waals surface area contributed by atoms with Crippen LogP contribution in [0.1, 0.15) is 24.1 Å². The van der Waals surface area contributed by atoms with Gasteiger partial charge in [-0.15, -0.1) is 0 Å². The van der Waals surface area contributed by atoms with Gasteiger partial charge in [0.25, 0.3) is 0 Å². The highest BCUT2D eigenvalue weighted by molar-refractivity contribution is 5.91. The smallest absolute Gasteiger partial charge is 0.246 e. The van der Waals surface area contributed by atoms with Crippen LogP contribution in [0.2, 0.25) is 0 Å². The van der Waals surface area contributed by atoms with E-state index >= 15 is 0 Å². The Morgan fingerprint density at radius 1 is 1.15 bits per heavy atom. The highest BCUT2D eigenvalue weighted by Gasteiger charge is 2.21. The Labute approximate surface area is 162 Å². The largest absolute Gasteiger partial charge is 0.339 e. The first-order valence-electron chi connectivity index (χ1n) is 9.81. The van der Waals surface area contributed by atoms with Crippen molar-refractivity contribution >= 4 is 12.0 Å². The lowest BCUT2D eigenvalue weighted by Gasteiger charge is -2.33. The fourth-order valence-electron chi connectivity index (χ4n) is 3.49. The maximum Gasteiger partial charge on any atom is 0.246 e. The van der Waals surface area contributed by atoms with Gasteiger partial charge in [0.15, 0.2) is 0 Å². The van der Waals surface area contributed by atoms with Gasteiger partial charge in [-0.05, 0) is 69.1 Å². The lowest BCUT2D eigenvalue weighted by Crippen LogP contribution is -2.40. The normalized spacial score (nSPS) is 15.9. The van der Waals surface area contributed by atoms with Gasteiger partial charge in [-0.25, -0.2) is 0 Å². The highest BCUT2D eigenvalue weighted by Crippen LogP contribution is 2.18. The van der Waals surface area contributed by atoms with E-state index in [4.69, 9.17) is 0 Å². The second-order valence-electron chi connectivity index (χ2n) is 7.35. The molecule has 2 aromatic rings. The molecule has 142 valence electrons. The molecule has 2 heterocycles. The van der Waals surface area contributed by atoms with Crippen LogP contribution in [0.25, 0.3) is 6.08 Å². The molecule has 1 aliphatic rings. The van der Waals surface area contributed by atoms with E-state index in [9.17, 15) is 4.79 Å². The molecule has 4 nitrogen and oxygen atoms in total. The van der Waals surface area contributed by atoms with Gasteiger partial charge in [0.2, 0.25) is 5.91 Å². The number of benzene rings is 1. The Morgan fingerprint density at radius 2 is 1.89 bits per heavy atom. The van der Waals surface area contributed by atoms with E-state index in [1.165, 1.54) is 5.56 Å². The van der Waals surface area contributed by atoms with Crippen LogP contribution >= 0.6 is 0 Å². The van der Waals surface area contributed by atoms with Gasteiger partial charge in [0, 0.05) is 25.4 Å². The second-order valence-corrected chi connectivity index (χ2v) is 7.35. The SMILES string of the molecule is CN1CCC(CN(CCc2ccccc2)C(=O)C=Cc2ccccn2)CC1. The molecule has 3 rings (SSSR count). The predicted octanol–water partition coefficient (Wildman–Crippen LogP) is 3.51. The van der Waals surface area contributed by atoms with Crippen LogP contribution in [0.4, 0.5) is 0 Å². The standard InChI is InChI=1S/C23H29N3O/c1-25-16-12-21(13-17-25)19-26(18-14-20-7-3-2-4-8-20)23(27)11-10-22-9-5-6-15-24-22/h2-11,15,21H,12-14,16-19H2,1H3. The maximum atomic E-state index is 12.9. The minimum absolute atomic E-state index is 0.0792. The summed E-state index contributed by atoms with van der Waals surface area (Å²) < 4.78 is 0. The van der Waals surface area contributed by atoms with Crippen molar-refractivity contribution in [2.75, 3.05) is 33.2 Å². The number of pyridine rings is 1. The molecule has 0 N–H and O–H groups in total. The number of carbonyl (C=O) groups is 1. The fourth-order valence-corrected chi connectivity index (χ4v) is 3.49. The van der Waals surface area contributed by atoms with Gasteiger partial charge in [0.05, 0.1) is 5.69 Å². The Morgan fingerprint density at radius 3 is 2.59 bits per heavy atom. The van der Waals surface area contributed by atoms with Crippen LogP contribution in [0.5, 0.6) is 0 Å². The van der Waals surface area contributed by atoms with E-state index in [0.29, 0.717) is 5.92 Å². The maximum absolute atomic E-state index is 12.9. The topological polar surface area (TPSA) is 36.4 Å². The quantitative estimate of drug-likeness (QED) is 0.707. The van der Waals surface area contributed by atoms with E-state index < -0.39 is 0 Å². The Kier molecular flexibility index (Phi) is 7.17. The first-order valence-corrected chi connectivity index (χ1v) is 9.81. The summed E-state index contributed by atoms with van der Waals surface area (Å²) in [5.74, 6) is 0.666. The molecule has 0 aliphatic carbocycles. The third-order valence-corrected chi connectivity index (χ3v) is 5.23. The average Bonchev–Trinajstić information content (AvgIpc) is 2.72. The highest BCUT2D eigenvalue weighted by atomic mass is 16.2. The zero-order chi connectivity index (χ0) is 18.9. The Hall–Kier alpha value is -2.46. The minimum Gasteiger partial charge on any atom is -0.339 e. The summed E-state index contributed by atoms with van der Waals surface area (Å²) >= 11 is 0. The lowest BCUT2D eigenvalue weighted by atomic mass is 9.96. The van der Waals surface area contributed by atoms with Crippen molar-refractivity contribution in [1.29, 1.82) is 0 Å². The number of likely N-dealkylation sites (tertiary alicyclic amines) is 1. The Balaban J connectivity index is 1.64. The fraction of sp³-hybridized carbons (Fsp3) is 0.391. The van der Waals surface area contributed by atoms with Crippen LogP contribution in [-0.2, 0) is 11.2 Å². The molecular formula is C23H29N3O. The van der Waals surface area contributed by atoms with Crippen molar-refractivity contribution in [2.24, 2.45) is 5.92 Å². The molecular weight excluding hydrogens is 334 g/mol. The van der Waals surface area contributed by atoms with Gasteiger partial charge < -0.3 is 9.80 Å². The summed E-state index contributed by atoms with van der Waals surface area (Å²) in [6.45, 7) is 3.83. The minimum atomic E-state index is 0.0792. The molecule has 1 aromatic carbocycles. The summed E-state index contributed by atoms with van der Waals surface area (Å²) in [6, 6.07) is 16.1. The molecule has 0 radical (unpaired) electrons. The molecule has 0 saturated carbocycles. The number of hydrogen-bond acceptors (Lipinski definition) is 3.